The Bertz CT molecular complexity index is 751. The molecule has 20 heavy (non-hydrogen) atoms. The average molecular weight is 380 g/mol. The van der Waals surface area contributed by atoms with Crippen LogP contribution in [0.25, 0.3) is 0 Å². The summed E-state index contributed by atoms with van der Waals surface area (Å²) in [6.07, 6.45) is 0. The van der Waals surface area contributed by atoms with Crippen LogP contribution in [-0.4, -0.2) is 8.42 Å². The summed E-state index contributed by atoms with van der Waals surface area (Å²) in [5, 5.41) is 0.199. The van der Waals surface area contributed by atoms with E-state index in [1.807, 2.05) is 0 Å². The molecule has 0 aliphatic carbocycles. The first-order valence-electron chi connectivity index (χ1n) is 5.32. The molecular formula is C12H9BrClFN2O2S. The van der Waals surface area contributed by atoms with Crippen LogP contribution in [0.3, 0.4) is 0 Å². The van der Waals surface area contributed by atoms with Crippen molar-refractivity contribution in [3.8, 4) is 0 Å². The van der Waals surface area contributed by atoms with Gasteiger partial charge in [0.15, 0.2) is 0 Å². The van der Waals surface area contributed by atoms with Crippen LogP contribution in [0.15, 0.2) is 45.8 Å². The van der Waals surface area contributed by atoms with Crippen molar-refractivity contribution >= 4 is 48.9 Å². The van der Waals surface area contributed by atoms with Gasteiger partial charge in [-0.1, -0.05) is 11.6 Å². The van der Waals surface area contributed by atoms with Crippen molar-refractivity contribution in [1.29, 1.82) is 0 Å². The highest BCUT2D eigenvalue weighted by atomic mass is 79.9. The molecule has 0 atom stereocenters. The summed E-state index contributed by atoms with van der Waals surface area (Å²) in [5.41, 5.74) is 6.10. The van der Waals surface area contributed by atoms with Gasteiger partial charge in [0.25, 0.3) is 10.0 Å². The highest BCUT2D eigenvalue weighted by molar-refractivity contribution is 9.10. The molecule has 2 aromatic rings. The highest BCUT2D eigenvalue weighted by Crippen LogP contribution is 2.32. The van der Waals surface area contributed by atoms with Gasteiger partial charge in [0.05, 0.1) is 4.47 Å². The second-order valence-electron chi connectivity index (χ2n) is 3.92. The number of hydrogen-bond acceptors (Lipinski definition) is 3. The van der Waals surface area contributed by atoms with Gasteiger partial charge in [0, 0.05) is 16.4 Å². The quantitative estimate of drug-likeness (QED) is 0.800. The number of nitrogen functional groups attached to an aromatic ring is 1. The molecule has 0 saturated carbocycles. The van der Waals surface area contributed by atoms with E-state index in [0.717, 1.165) is 12.1 Å². The third kappa shape index (κ3) is 3.23. The summed E-state index contributed by atoms with van der Waals surface area (Å²) in [7, 11) is -3.89. The molecule has 0 aliphatic heterocycles. The smallest absolute Gasteiger partial charge is 0.263 e. The summed E-state index contributed by atoms with van der Waals surface area (Å²) in [6.45, 7) is 0. The van der Waals surface area contributed by atoms with Crippen LogP contribution in [0.1, 0.15) is 0 Å². The second-order valence-corrected chi connectivity index (χ2v) is 6.80. The Kier molecular flexibility index (Phi) is 4.22. The van der Waals surface area contributed by atoms with Gasteiger partial charge >= 0.3 is 0 Å². The van der Waals surface area contributed by atoms with E-state index in [1.54, 1.807) is 0 Å². The number of hydrogen-bond donors (Lipinski definition) is 2. The molecule has 0 amide bonds. The van der Waals surface area contributed by atoms with E-state index in [9.17, 15) is 12.8 Å². The van der Waals surface area contributed by atoms with E-state index in [0.29, 0.717) is 0 Å². The van der Waals surface area contributed by atoms with E-state index in [-0.39, 0.29) is 25.8 Å². The lowest BCUT2D eigenvalue weighted by atomic mass is 10.3. The number of halogens is 3. The Hall–Kier alpha value is -1.31. The molecule has 8 heteroatoms. The first-order valence-corrected chi connectivity index (χ1v) is 7.98. The molecule has 0 bridgehead atoms. The predicted molar refractivity (Wildman–Crippen MR) is 80.8 cm³/mol. The van der Waals surface area contributed by atoms with Crippen molar-refractivity contribution in [3.63, 3.8) is 0 Å². The summed E-state index contributed by atoms with van der Waals surface area (Å²) in [4.78, 5) is -0.0909. The van der Waals surface area contributed by atoms with Gasteiger partial charge in [-0.15, -0.1) is 0 Å². The van der Waals surface area contributed by atoms with Crippen LogP contribution in [0.5, 0.6) is 0 Å². The minimum absolute atomic E-state index is 0.0909. The summed E-state index contributed by atoms with van der Waals surface area (Å²) in [5.74, 6) is -0.457. The third-order valence-electron chi connectivity index (χ3n) is 2.42. The van der Waals surface area contributed by atoms with Crippen molar-refractivity contribution in [2.45, 2.75) is 4.90 Å². The number of sulfonamides is 1. The van der Waals surface area contributed by atoms with E-state index in [2.05, 4.69) is 20.7 Å². The van der Waals surface area contributed by atoms with Crippen molar-refractivity contribution in [2.24, 2.45) is 0 Å². The SMILES string of the molecule is Nc1cc(Cl)cc(S(=O)(=O)Nc2ccc(F)cc2)c1Br. The lowest BCUT2D eigenvalue weighted by Crippen LogP contribution is -2.14. The number of rotatable bonds is 3. The maximum Gasteiger partial charge on any atom is 0.263 e. The predicted octanol–water partition coefficient (Wildman–Crippen LogP) is 3.62. The number of benzene rings is 2. The molecule has 4 nitrogen and oxygen atoms in total. The van der Waals surface area contributed by atoms with E-state index >= 15 is 0 Å². The fourth-order valence-electron chi connectivity index (χ4n) is 1.51. The maximum absolute atomic E-state index is 12.8. The molecule has 0 heterocycles. The van der Waals surface area contributed by atoms with Crippen molar-refractivity contribution < 1.29 is 12.8 Å². The molecule has 0 aliphatic rings. The van der Waals surface area contributed by atoms with Gasteiger partial charge in [-0.25, -0.2) is 12.8 Å². The van der Waals surface area contributed by atoms with Gasteiger partial charge in [0.2, 0.25) is 0 Å². The van der Waals surface area contributed by atoms with Crippen LogP contribution in [0, 0.1) is 5.82 Å². The zero-order valence-electron chi connectivity index (χ0n) is 9.90. The second kappa shape index (κ2) is 5.59. The molecule has 106 valence electrons. The number of nitrogens with one attached hydrogen (secondary N) is 1. The highest BCUT2D eigenvalue weighted by Gasteiger charge is 2.20. The molecule has 0 aromatic heterocycles. The molecule has 0 unspecified atom stereocenters. The monoisotopic (exact) mass is 378 g/mol. The lowest BCUT2D eigenvalue weighted by Gasteiger charge is -2.11. The van der Waals surface area contributed by atoms with Crippen molar-refractivity contribution in [2.75, 3.05) is 10.5 Å². The molecular weight excluding hydrogens is 371 g/mol. The zero-order chi connectivity index (χ0) is 14.9. The van der Waals surface area contributed by atoms with Gasteiger partial charge in [-0.2, -0.15) is 0 Å². The third-order valence-corrected chi connectivity index (χ3v) is 5.19. The van der Waals surface area contributed by atoms with E-state index in [1.165, 1.54) is 24.3 Å². The normalized spacial score (nSPS) is 11.3. The molecule has 2 aromatic carbocycles. The summed E-state index contributed by atoms with van der Waals surface area (Å²) >= 11 is 8.92. The Morgan fingerprint density at radius 1 is 1.20 bits per heavy atom. The van der Waals surface area contributed by atoms with Gasteiger partial charge < -0.3 is 5.73 Å². The Morgan fingerprint density at radius 3 is 2.40 bits per heavy atom. The van der Waals surface area contributed by atoms with Gasteiger partial charge in [-0.3, -0.25) is 4.72 Å². The lowest BCUT2D eigenvalue weighted by molar-refractivity contribution is 0.600. The van der Waals surface area contributed by atoms with Gasteiger partial charge in [-0.05, 0) is 52.3 Å². The first kappa shape index (κ1) is 15.1. The fraction of sp³-hybridized carbons (Fsp3) is 0. The molecule has 0 saturated heterocycles. The largest absolute Gasteiger partial charge is 0.398 e. The minimum atomic E-state index is -3.89. The average Bonchev–Trinajstić information content (AvgIpc) is 2.36. The topological polar surface area (TPSA) is 72.2 Å². The Morgan fingerprint density at radius 2 is 1.80 bits per heavy atom. The molecule has 2 rings (SSSR count). The van der Waals surface area contributed by atoms with Crippen LogP contribution in [0.4, 0.5) is 15.8 Å². The van der Waals surface area contributed by atoms with Crippen molar-refractivity contribution in [3.05, 3.63) is 51.7 Å². The Labute approximate surface area is 128 Å². The summed E-state index contributed by atoms with van der Waals surface area (Å²) in [6, 6.07) is 7.64. The van der Waals surface area contributed by atoms with Crippen LogP contribution in [-0.2, 0) is 10.0 Å². The fourth-order valence-corrected chi connectivity index (χ4v) is 3.86. The summed E-state index contributed by atoms with van der Waals surface area (Å²) < 4.78 is 39.9. The maximum atomic E-state index is 12.8. The number of anilines is 2. The van der Waals surface area contributed by atoms with Crippen LogP contribution in [0.2, 0.25) is 5.02 Å². The van der Waals surface area contributed by atoms with Crippen LogP contribution < -0.4 is 10.5 Å². The molecule has 3 N–H and O–H groups in total. The standard InChI is InChI=1S/C12H9BrClFN2O2S/c13-12-10(16)5-7(14)6-11(12)20(18,19)17-9-3-1-8(15)2-4-9/h1-6,17H,16H2. The molecule has 0 fully saturated rings. The van der Waals surface area contributed by atoms with Crippen LogP contribution >= 0.6 is 27.5 Å². The van der Waals surface area contributed by atoms with Crippen molar-refractivity contribution in [1.82, 2.24) is 0 Å². The number of nitrogens with two attached hydrogens (primary N) is 1. The first-order chi connectivity index (χ1) is 9.29. The molecule has 0 spiro atoms. The van der Waals surface area contributed by atoms with E-state index < -0.39 is 15.8 Å². The molecule has 0 radical (unpaired) electrons. The van der Waals surface area contributed by atoms with E-state index in [4.69, 9.17) is 17.3 Å². The Balaban J connectivity index is 2.43. The minimum Gasteiger partial charge on any atom is -0.398 e. The zero-order valence-corrected chi connectivity index (χ0v) is 13.1. The van der Waals surface area contributed by atoms with Gasteiger partial charge in [0.1, 0.15) is 10.7 Å².